The van der Waals surface area contributed by atoms with Crippen LogP contribution in [-0.2, 0) is 6.54 Å². The van der Waals surface area contributed by atoms with Crippen LogP contribution < -0.4 is 10.6 Å². The summed E-state index contributed by atoms with van der Waals surface area (Å²) >= 11 is 0. The summed E-state index contributed by atoms with van der Waals surface area (Å²) in [5.41, 5.74) is 0.295. The zero-order valence-corrected chi connectivity index (χ0v) is 10.7. The number of carbonyl (C=O) groups is 1. The molecule has 0 radical (unpaired) electrons. The summed E-state index contributed by atoms with van der Waals surface area (Å²) in [5, 5.41) is 6.10. The molecule has 0 aliphatic carbocycles. The van der Waals surface area contributed by atoms with Crippen LogP contribution >= 0.6 is 0 Å². The predicted octanol–water partition coefficient (Wildman–Crippen LogP) is 1.48. The fourth-order valence-electron chi connectivity index (χ4n) is 2.35. The lowest BCUT2D eigenvalue weighted by Gasteiger charge is -2.23. The molecule has 0 saturated carbocycles. The molecule has 2 heterocycles. The normalized spacial score (nSPS) is 19.6. The standard InChI is InChI=1S/C13H19F2N3O/c14-12(15)9-18-6-2-4-11(18)13(19)17-8-10-3-1-5-16-7-10/h2,4,6,10,12,16H,1,3,5,7-9H2,(H,17,19). The minimum absolute atomic E-state index is 0.281. The maximum absolute atomic E-state index is 12.4. The number of rotatable bonds is 5. The van der Waals surface area contributed by atoms with Crippen molar-refractivity contribution < 1.29 is 13.6 Å². The zero-order chi connectivity index (χ0) is 13.7. The number of hydrogen-bond donors (Lipinski definition) is 2. The highest BCUT2D eigenvalue weighted by Crippen LogP contribution is 2.10. The second-order valence-electron chi connectivity index (χ2n) is 4.86. The molecule has 6 heteroatoms. The van der Waals surface area contributed by atoms with Crippen LogP contribution in [0.2, 0.25) is 0 Å². The highest BCUT2D eigenvalue weighted by Gasteiger charge is 2.17. The molecule has 1 fully saturated rings. The van der Waals surface area contributed by atoms with Gasteiger partial charge >= 0.3 is 0 Å². The average molecular weight is 271 g/mol. The van der Waals surface area contributed by atoms with Crippen molar-refractivity contribution in [1.82, 2.24) is 15.2 Å². The summed E-state index contributed by atoms with van der Waals surface area (Å²) in [6.07, 6.45) is 1.25. The fourth-order valence-corrected chi connectivity index (χ4v) is 2.35. The Hall–Kier alpha value is -1.43. The molecular weight excluding hydrogens is 252 g/mol. The molecule has 106 valence electrons. The smallest absolute Gasteiger partial charge is 0.267 e. The van der Waals surface area contributed by atoms with Gasteiger partial charge in [0.2, 0.25) is 0 Å². The number of nitrogens with zero attached hydrogens (tertiary/aromatic N) is 1. The maximum Gasteiger partial charge on any atom is 0.267 e. The second kappa shape index (κ2) is 6.65. The fraction of sp³-hybridized carbons (Fsp3) is 0.615. The molecule has 2 N–H and O–H groups in total. The third-order valence-corrected chi connectivity index (χ3v) is 3.35. The van der Waals surface area contributed by atoms with Crippen molar-refractivity contribution in [3.05, 3.63) is 24.0 Å². The predicted molar refractivity (Wildman–Crippen MR) is 68.4 cm³/mol. The second-order valence-corrected chi connectivity index (χ2v) is 4.86. The van der Waals surface area contributed by atoms with Crippen molar-refractivity contribution in [1.29, 1.82) is 0 Å². The van der Waals surface area contributed by atoms with Crippen LogP contribution in [0, 0.1) is 5.92 Å². The van der Waals surface area contributed by atoms with Crippen LogP contribution in [0.3, 0.4) is 0 Å². The van der Waals surface area contributed by atoms with E-state index >= 15 is 0 Å². The number of alkyl halides is 2. The number of hydrogen-bond acceptors (Lipinski definition) is 2. The minimum atomic E-state index is -2.46. The van der Waals surface area contributed by atoms with Crippen molar-refractivity contribution >= 4 is 5.91 Å². The summed E-state index contributed by atoms with van der Waals surface area (Å²) in [4.78, 5) is 12.0. The lowest BCUT2D eigenvalue weighted by molar-refractivity contribution is 0.0922. The van der Waals surface area contributed by atoms with E-state index < -0.39 is 13.0 Å². The zero-order valence-electron chi connectivity index (χ0n) is 10.7. The van der Waals surface area contributed by atoms with E-state index in [2.05, 4.69) is 10.6 Å². The van der Waals surface area contributed by atoms with E-state index in [-0.39, 0.29) is 5.91 Å². The van der Waals surface area contributed by atoms with Gasteiger partial charge in [-0.05, 0) is 44.0 Å². The van der Waals surface area contributed by atoms with Crippen LogP contribution in [0.25, 0.3) is 0 Å². The molecule has 2 rings (SSSR count). The van der Waals surface area contributed by atoms with Crippen molar-refractivity contribution in [3.63, 3.8) is 0 Å². The number of carbonyl (C=O) groups excluding carboxylic acids is 1. The van der Waals surface area contributed by atoms with Gasteiger partial charge in [0.25, 0.3) is 12.3 Å². The molecule has 1 atom stereocenters. The van der Waals surface area contributed by atoms with Gasteiger partial charge in [-0.3, -0.25) is 4.79 Å². The van der Waals surface area contributed by atoms with Crippen LogP contribution in [0.4, 0.5) is 8.78 Å². The van der Waals surface area contributed by atoms with E-state index in [1.165, 1.54) is 10.8 Å². The van der Waals surface area contributed by atoms with E-state index in [9.17, 15) is 13.6 Å². The van der Waals surface area contributed by atoms with Gasteiger partial charge in [-0.15, -0.1) is 0 Å². The number of nitrogens with one attached hydrogen (secondary N) is 2. The summed E-state index contributed by atoms with van der Waals surface area (Å²) in [5.74, 6) is 0.146. The molecule has 1 aliphatic heterocycles. The van der Waals surface area contributed by atoms with Crippen molar-refractivity contribution in [3.8, 4) is 0 Å². The summed E-state index contributed by atoms with van der Waals surface area (Å²) in [6, 6.07) is 3.18. The molecule has 0 bridgehead atoms. The van der Waals surface area contributed by atoms with Crippen LogP contribution in [0.1, 0.15) is 23.3 Å². The van der Waals surface area contributed by atoms with E-state index in [1.807, 2.05) is 0 Å². The highest BCUT2D eigenvalue weighted by molar-refractivity contribution is 5.92. The van der Waals surface area contributed by atoms with Crippen molar-refractivity contribution in [2.24, 2.45) is 5.92 Å². The molecule has 1 aromatic rings. The van der Waals surface area contributed by atoms with Gasteiger partial charge in [0, 0.05) is 12.7 Å². The number of halogens is 2. The minimum Gasteiger partial charge on any atom is -0.350 e. The molecule has 19 heavy (non-hydrogen) atoms. The van der Waals surface area contributed by atoms with E-state index in [1.54, 1.807) is 12.1 Å². The largest absolute Gasteiger partial charge is 0.350 e. The number of amides is 1. The molecule has 4 nitrogen and oxygen atoms in total. The number of piperidine rings is 1. The first-order valence-electron chi connectivity index (χ1n) is 6.59. The average Bonchev–Trinajstić information content (AvgIpc) is 2.84. The molecule has 1 unspecified atom stereocenters. The van der Waals surface area contributed by atoms with E-state index in [0.717, 1.165) is 25.9 Å². The summed E-state index contributed by atoms with van der Waals surface area (Å²) < 4.78 is 26.0. The quantitative estimate of drug-likeness (QED) is 0.852. The first-order valence-corrected chi connectivity index (χ1v) is 6.59. The van der Waals surface area contributed by atoms with Gasteiger partial charge in [-0.25, -0.2) is 8.78 Å². The van der Waals surface area contributed by atoms with Gasteiger partial charge in [-0.1, -0.05) is 0 Å². The number of aromatic nitrogens is 1. The lowest BCUT2D eigenvalue weighted by Crippen LogP contribution is -2.38. The molecular formula is C13H19F2N3O. The van der Waals surface area contributed by atoms with Crippen molar-refractivity contribution in [2.45, 2.75) is 25.8 Å². The van der Waals surface area contributed by atoms with Gasteiger partial charge in [-0.2, -0.15) is 0 Å². The first kappa shape index (κ1) is 14.0. The molecule has 0 aromatic carbocycles. The Morgan fingerprint density at radius 3 is 3.11 bits per heavy atom. The van der Waals surface area contributed by atoms with Gasteiger partial charge < -0.3 is 15.2 Å². The SMILES string of the molecule is O=C(NCC1CCCNC1)c1cccn1CC(F)F. The Morgan fingerprint density at radius 2 is 2.42 bits per heavy atom. The molecule has 1 aliphatic rings. The van der Waals surface area contributed by atoms with Gasteiger partial charge in [0.15, 0.2) is 0 Å². The van der Waals surface area contributed by atoms with Crippen molar-refractivity contribution in [2.75, 3.05) is 19.6 Å². The maximum atomic E-state index is 12.4. The Kier molecular flexibility index (Phi) is 4.90. The van der Waals surface area contributed by atoms with Gasteiger partial charge in [0.05, 0.1) is 6.54 Å². The molecule has 1 amide bonds. The Morgan fingerprint density at radius 1 is 1.58 bits per heavy atom. The molecule has 1 saturated heterocycles. The monoisotopic (exact) mass is 271 g/mol. The molecule has 0 spiro atoms. The van der Waals surface area contributed by atoms with Gasteiger partial charge in [0.1, 0.15) is 5.69 Å². The first-order chi connectivity index (χ1) is 9.16. The third-order valence-electron chi connectivity index (χ3n) is 3.35. The summed E-state index contributed by atoms with van der Waals surface area (Å²) in [7, 11) is 0. The van der Waals surface area contributed by atoms with Crippen LogP contribution in [0.5, 0.6) is 0 Å². The van der Waals surface area contributed by atoms with Crippen LogP contribution in [-0.4, -0.2) is 36.5 Å². The Balaban J connectivity index is 1.87. The Labute approximate surface area is 111 Å². The summed E-state index contributed by atoms with van der Waals surface area (Å²) in [6.45, 7) is 2.08. The Bertz CT molecular complexity index is 414. The highest BCUT2D eigenvalue weighted by atomic mass is 19.3. The van der Waals surface area contributed by atoms with Crippen LogP contribution in [0.15, 0.2) is 18.3 Å². The van der Waals surface area contributed by atoms with E-state index in [0.29, 0.717) is 18.2 Å². The lowest BCUT2D eigenvalue weighted by atomic mass is 10.00. The van der Waals surface area contributed by atoms with E-state index in [4.69, 9.17) is 0 Å². The topological polar surface area (TPSA) is 46.1 Å². The third kappa shape index (κ3) is 4.02. The molecule has 1 aromatic heterocycles.